The molecule has 2 unspecified atom stereocenters. The van der Waals surface area contributed by atoms with Gasteiger partial charge in [0, 0.05) is 4.75 Å². The fourth-order valence-corrected chi connectivity index (χ4v) is 4.72. The number of hydrogen-bond acceptors (Lipinski definition) is 4. The predicted molar refractivity (Wildman–Crippen MR) is 86.1 cm³/mol. The van der Waals surface area contributed by atoms with E-state index in [1.165, 1.54) is 16.7 Å². The lowest BCUT2D eigenvalue weighted by Gasteiger charge is -2.34. The number of carboxylic acids is 1. The number of hydrogen-bond donors (Lipinski definition) is 1. The number of benzene rings is 1. The molecule has 0 aromatic heterocycles. The molecule has 1 saturated heterocycles. The summed E-state index contributed by atoms with van der Waals surface area (Å²) in [5, 5.41) is 9.60. The average Bonchev–Trinajstić information content (AvgIpc) is 2.66. The van der Waals surface area contributed by atoms with Crippen LogP contribution in [0.15, 0.2) is 30.3 Å². The van der Waals surface area contributed by atoms with Crippen molar-refractivity contribution in [3.63, 3.8) is 0 Å². The molecule has 2 atom stereocenters. The number of carbonyl (C=O) groups is 2. The monoisotopic (exact) mass is 323 g/mol. The Labute approximate surface area is 134 Å². The van der Waals surface area contributed by atoms with Crippen molar-refractivity contribution in [3.05, 3.63) is 30.3 Å². The molecule has 1 aromatic rings. The van der Waals surface area contributed by atoms with Crippen LogP contribution in [0.25, 0.3) is 0 Å². The second kappa shape index (κ2) is 5.83. The van der Waals surface area contributed by atoms with Crippen molar-refractivity contribution in [1.29, 1.82) is 0 Å². The van der Waals surface area contributed by atoms with Crippen LogP contribution in [-0.2, 0) is 4.79 Å². The Morgan fingerprint density at radius 1 is 1.27 bits per heavy atom. The summed E-state index contributed by atoms with van der Waals surface area (Å²) < 4.78 is 4.79. The summed E-state index contributed by atoms with van der Waals surface area (Å²) in [4.78, 5) is 25.1. The normalized spacial score (nSPS) is 26.7. The fraction of sp³-hybridized carbons (Fsp3) is 0.500. The van der Waals surface area contributed by atoms with Gasteiger partial charge in [-0.25, -0.2) is 9.59 Å². The zero-order valence-electron chi connectivity index (χ0n) is 13.2. The van der Waals surface area contributed by atoms with E-state index in [9.17, 15) is 14.7 Å². The van der Waals surface area contributed by atoms with Gasteiger partial charge in [-0.05, 0) is 39.3 Å². The number of nitrogens with zero attached hydrogens (tertiary/aromatic N) is 1. The number of aliphatic carboxylic acids is 1. The van der Waals surface area contributed by atoms with E-state index in [-0.39, 0.29) is 0 Å². The Kier molecular flexibility index (Phi) is 4.42. The highest BCUT2D eigenvalue weighted by molar-refractivity contribution is 8.02. The molecule has 0 bridgehead atoms. The van der Waals surface area contributed by atoms with E-state index < -0.39 is 27.7 Å². The SMILES string of the molecule is CCC1(C)SC(C)(C)C(C(=O)O)N1C(=O)Oc1ccccc1. The maximum Gasteiger partial charge on any atom is 0.417 e. The zero-order chi connectivity index (χ0) is 16.5. The van der Waals surface area contributed by atoms with Gasteiger partial charge in [-0.3, -0.25) is 4.90 Å². The predicted octanol–water partition coefficient (Wildman–Crippen LogP) is 3.59. The van der Waals surface area contributed by atoms with E-state index in [0.717, 1.165) is 0 Å². The van der Waals surface area contributed by atoms with Crippen molar-refractivity contribution >= 4 is 23.8 Å². The first-order valence-corrected chi connectivity index (χ1v) is 8.02. The van der Waals surface area contributed by atoms with Crippen LogP contribution in [0.3, 0.4) is 0 Å². The number of carboxylic acid groups (broad SMARTS) is 1. The molecule has 1 heterocycles. The third-order valence-electron chi connectivity index (χ3n) is 3.94. The summed E-state index contributed by atoms with van der Waals surface area (Å²) >= 11 is 1.50. The lowest BCUT2D eigenvalue weighted by Crippen LogP contribution is -2.54. The van der Waals surface area contributed by atoms with Crippen molar-refractivity contribution < 1.29 is 19.4 Å². The number of thioether (sulfide) groups is 1. The highest BCUT2D eigenvalue weighted by Crippen LogP contribution is 2.52. The van der Waals surface area contributed by atoms with E-state index in [4.69, 9.17) is 4.74 Å². The Morgan fingerprint density at radius 3 is 2.36 bits per heavy atom. The third kappa shape index (κ3) is 2.92. The molecular formula is C16H21NO4S. The Bertz CT molecular complexity index is 575. The lowest BCUT2D eigenvalue weighted by molar-refractivity contribution is -0.143. The molecule has 22 heavy (non-hydrogen) atoms. The Morgan fingerprint density at radius 2 is 1.86 bits per heavy atom. The van der Waals surface area contributed by atoms with E-state index in [1.54, 1.807) is 24.3 Å². The second-order valence-electron chi connectivity index (χ2n) is 6.03. The first kappa shape index (κ1) is 16.7. The number of amides is 1. The molecule has 0 aliphatic carbocycles. The van der Waals surface area contributed by atoms with Crippen LogP contribution in [-0.4, -0.2) is 37.7 Å². The van der Waals surface area contributed by atoms with E-state index in [0.29, 0.717) is 12.2 Å². The van der Waals surface area contributed by atoms with E-state index in [1.807, 2.05) is 33.8 Å². The van der Waals surface area contributed by atoms with E-state index >= 15 is 0 Å². The molecular weight excluding hydrogens is 302 g/mol. The third-order valence-corrected chi connectivity index (χ3v) is 5.62. The van der Waals surface area contributed by atoms with Crippen LogP contribution in [0.5, 0.6) is 5.75 Å². The average molecular weight is 323 g/mol. The van der Waals surface area contributed by atoms with Gasteiger partial charge in [-0.2, -0.15) is 0 Å². The maximum atomic E-state index is 12.6. The quantitative estimate of drug-likeness (QED) is 0.920. The minimum Gasteiger partial charge on any atom is -0.480 e. The highest BCUT2D eigenvalue weighted by Gasteiger charge is 2.59. The van der Waals surface area contributed by atoms with E-state index in [2.05, 4.69) is 0 Å². The summed E-state index contributed by atoms with van der Waals surface area (Å²) in [6.45, 7) is 7.52. The van der Waals surface area contributed by atoms with Gasteiger partial charge in [-0.15, -0.1) is 11.8 Å². The van der Waals surface area contributed by atoms with Crippen LogP contribution in [0.1, 0.15) is 34.1 Å². The molecule has 6 heteroatoms. The van der Waals surface area contributed by atoms with Gasteiger partial charge in [0.2, 0.25) is 0 Å². The molecule has 1 N–H and O–H groups in total. The molecule has 2 rings (SSSR count). The minimum atomic E-state index is -1.01. The van der Waals surface area contributed by atoms with Crippen LogP contribution in [0.2, 0.25) is 0 Å². The zero-order valence-corrected chi connectivity index (χ0v) is 14.0. The molecule has 0 saturated carbocycles. The van der Waals surface area contributed by atoms with Crippen molar-refractivity contribution in [1.82, 2.24) is 4.90 Å². The number of para-hydroxylation sites is 1. The molecule has 1 aliphatic rings. The molecule has 1 fully saturated rings. The molecule has 5 nitrogen and oxygen atoms in total. The van der Waals surface area contributed by atoms with Crippen molar-refractivity contribution in [2.45, 2.75) is 49.8 Å². The van der Waals surface area contributed by atoms with Gasteiger partial charge < -0.3 is 9.84 Å². The van der Waals surface area contributed by atoms with Crippen LogP contribution < -0.4 is 4.74 Å². The summed E-state index contributed by atoms with van der Waals surface area (Å²) in [6, 6.07) is 7.76. The number of ether oxygens (including phenoxy) is 1. The van der Waals surface area contributed by atoms with Crippen molar-refractivity contribution in [2.24, 2.45) is 0 Å². The Hall–Kier alpha value is -1.69. The number of carbonyl (C=O) groups excluding carboxylic acids is 1. The minimum absolute atomic E-state index is 0.407. The first-order valence-electron chi connectivity index (χ1n) is 7.20. The largest absolute Gasteiger partial charge is 0.480 e. The van der Waals surface area contributed by atoms with Gasteiger partial charge in [0.15, 0.2) is 0 Å². The van der Waals surface area contributed by atoms with Gasteiger partial charge in [0.25, 0.3) is 0 Å². The lowest BCUT2D eigenvalue weighted by atomic mass is 10.0. The van der Waals surface area contributed by atoms with Crippen molar-refractivity contribution in [3.8, 4) is 5.75 Å². The molecule has 0 radical (unpaired) electrons. The van der Waals surface area contributed by atoms with Gasteiger partial charge in [0.1, 0.15) is 11.8 Å². The highest BCUT2D eigenvalue weighted by atomic mass is 32.2. The first-order chi connectivity index (χ1) is 10.2. The molecule has 0 spiro atoms. The van der Waals surface area contributed by atoms with Crippen LogP contribution in [0, 0.1) is 0 Å². The smallest absolute Gasteiger partial charge is 0.417 e. The summed E-state index contributed by atoms with van der Waals surface area (Å²) in [5.74, 6) is -0.607. The molecule has 1 aliphatic heterocycles. The van der Waals surface area contributed by atoms with Crippen molar-refractivity contribution in [2.75, 3.05) is 0 Å². The maximum absolute atomic E-state index is 12.6. The summed E-state index contributed by atoms with van der Waals surface area (Å²) in [5.41, 5.74) is 0. The summed E-state index contributed by atoms with van der Waals surface area (Å²) in [6.07, 6.45) is 0.00965. The number of rotatable bonds is 3. The molecule has 1 aromatic carbocycles. The van der Waals surface area contributed by atoms with Crippen LogP contribution >= 0.6 is 11.8 Å². The molecule has 1 amide bonds. The topological polar surface area (TPSA) is 66.8 Å². The van der Waals surface area contributed by atoms with Gasteiger partial charge >= 0.3 is 12.1 Å². The fourth-order valence-electron chi connectivity index (χ4n) is 2.84. The molecule has 120 valence electrons. The summed E-state index contributed by atoms with van der Waals surface area (Å²) in [7, 11) is 0. The Balaban J connectivity index is 2.35. The second-order valence-corrected chi connectivity index (χ2v) is 8.16. The standard InChI is InChI=1S/C16H21NO4S/c1-5-16(4)17(12(13(18)19)15(2,3)22-16)14(20)21-11-9-7-6-8-10-11/h6-10,12H,5H2,1-4H3,(H,18,19). The van der Waals surface area contributed by atoms with Gasteiger partial charge in [0.05, 0.1) is 4.87 Å². The van der Waals surface area contributed by atoms with Gasteiger partial charge in [-0.1, -0.05) is 25.1 Å². The van der Waals surface area contributed by atoms with Crippen LogP contribution in [0.4, 0.5) is 4.79 Å².